The van der Waals surface area contributed by atoms with E-state index in [4.69, 9.17) is 4.98 Å². The van der Waals surface area contributed by atoms with E-state index < -0.39 is 0 Å². The number of hydrogen-bond donors (Lipinski definition) is 1. The van der Waals surface area contributed by atoms with E-state index in [1.807, 2.05) is 6.07 Å². The summed E-state index contributed by atoms with van der Waals surface area (Å²) < 4.78 is 1.27. The summed E-state index contributed by atoms with van der Waals surface area (Å²) in [7, 11) is 0. The molecule has 0 aliphatic carbocycles. The molecule has 0 bridgehead atoms. The Balaban J connectivity index is 1.48. The molecule has 4 rings (SSSR count). The molecular formula is C17H21N3OS. The van der Waals surface area contributed by atoms with Crippen molar-refractivity contribution < 1.29 is 4.79 Å². The lowest BCUT2D eigenvalue weighted by atomic mass is 9.73. The Bertz CT molecular complexity index is 655. The van der Waals surface area contributed by atoms with Crippen molar-refractivity contribution >= 4 is 32.6 Å². The number of anilines is 1. The SMILES string of the molecule is O=C1CCC2(CCN1)CCN(c1nc3ccccc3s1)CC2. The number of rotatable bonds is 1. The molecule has 1 amide bonds. The molecule has 22 heavy (non-hydrogen) atoms. The summed E-state index contributed by atoms with van der Waals surface area (Å²) in [5.41, 5.74) is 1.47. The number of benzene rings is 1. The zero-order chi connectivity index (χ0) is 15.0. The van der Waals surface area contributed by atoms with E-state index in [-0.39, 0.29) is 5.91 Å². The summed E-state index contributed by atoms with van der Waals surface area (Å²) in [5, 5.41) is 4.17. The molecule has 2 aliphatic rings. The van der Waals surface area contributed by atoms with Crippen molar-refractivity contribution in [2.45, 2.75) is 32.1 Å². The van der Waals surface area contributed by atoms with E-state index in [2.05, 4.69) is 28.4 Å². The fourth-order valence-corrected chi connectivity index (χ4v) is 4.74. The molecule has 1 aromatic carbocycles. The van der Waals surface area contributed by atoms with E-state index in [1.54, 1.807) is 11.3 Å². The monoisotopic (exact) mass is 315 g/mol. The van der Waals surface area contributed by atoms with Crippen LogP contribution in [0.25, 0.3) is 10.2 Å². The van der Waals surface area contributed by atoms with Crippen molar-refractivity contribution in [2.24, 2.45) is 5.41 Å². The second-order valence-electron chi connectivity index (χ2n) is 6.55. The Morgan fingerprint density at radius 2 is 1.95 bits per heavy atom. The van der Waals surface area contributed by atoms with Crippen molar-refractivity contribution in [1.82, 2.24) is 10.3 Å². The van der Waals surface area contributed by atoms with Crippen LogP contribution in [0.2, 0.25) is 0 Å². The lowest BCUT2D eigenvalue weighted by molar-refractivity contribution is -0.120. The molecule has 5 heteroatoms. The van der Waals surface area contributed by atoms with Gasteiger partial charge in [0.15, 0.2) is 5.13 Å². The van der Waals surface area contributed by atoms with Crippen LogP contribution in [-0.4, -0.2) is 30.5 Å². The van der Waals surface area contributed by atoms with Gasteiger partial charge in [-0.25, -0.2) is 4.98 Å². The largest absolute Gasteiger partial charge is 0.356 e. The van der Waals surface area contributed by atoms with Crippen LogP contribution in [0.4, 0.5) is 5.13 Å². The molecule has 4 nitrogen and oxygen atoms in total. The number of nitrogens with zero attached hydrogens (tertiary/aromatic N) is 2. The third kappa shape index (κ3) is 2.58. The van der Waals surface area contributed by atoms with E-state index in [9.17, 15) is 4.79 Å². The molecule has 0 atom stereocenters. The molecule has 0 radical (unpaired) electrons. The maximum Gasteiger partial charge on any atom is 0.220 e. The number of piperidine rings is 1. The maximum atomic E-state index is 11.6. The van der Waals surface area contributed by atoms with Crippen molar-refractivity contribution in [3.8, 4) is 0 Å². The molecule has 2 saturated heterocycles. The molecule has 116 valence electrons. The van der Waals surface area contributed by atoms with Crippen LogP contribution < -0.4 is 10.2 Å². The van der Waals surface area contributed by atoms with E-state index >= 15 is 0 Å². The number of fused-ring (bicyclic) bond motifs is 1. The first kappa shape index (κ1) is 14.0. The van der Waals surface area contributed by atoms with E-state index in [0.717, 1.165) is 43.1 Å². The highest BCUT2D eigenvalue weighted by molar-refractivity contribution is 7.22. The average Bonchev–Trinajstić information content (AvgIpc) is 2.89. The molecule has 2 aromatic rings. The van der Waals surface area contributed by atoms with Gasteiger partial charge in [-0.3, -0.25) is 4.79 Å². The van der Waals surface area contributed by atoms with Crippen LogP contribution in [0, 0.1) is 5.41 Å². The first-order valence-electron chi connectivity index (χ1n) is 8.11. The van der Waals surface area contributed by atoms with Gasteiger partial charge in [-0.05, 0) is 43.2 Å². The highest BCUT2D eigenvalue weighted by Crippen LogP contribution is 2.42. The predicted octanol–water partition coefficient (Wildman–Crippen LogP) is 3.18. The van der Waals surface area contributed by atoms with Gasteiger partial charge in [0.2, 0.25) is 5.91 Å². The number of amides is 1. The zero-order valence-electron chi connectivity index (χ0n) is 12.7. The Morgan fingerprint density at radius 1 is 1.14 bits per heavy atom. The molecular weight excluding hydrogens is 294 g/mol. The van der Waals surface area contributed by atoms with Crippen molar-refractivity contribution in [1.29, 1.82) is 0 Å². The molecule has 1 N–H and O–H groups in total. The second-order valence-corrected chi connectivity index (χ2v) is 7.56. The molecule has 0 saturated carbocycles. The Labute approximate surface area is 134 Å². The fraction of sp³-hybridized carbons (Fsp3) is 0.529. The van der Waals surface area contributed by atoms with Crippen LogP contribution in [0.1, 0.15) is 32.1 Å². The molecule has 2 aliphatic heterocycles. The maximum absolute atomic E-state index is 11.6. The summed E-state index contributed by atoms with van der Waals surface area (Å²) in [4.78, 5) is 18.8. The molecule has 0 unspecified atom stereocenters. The zero-order valence-corrected chi connectivity index (χ0v) is 13.5. The third-order valence-corrected chi connectivity index (χ3v) is 6.33. The molecule has 1 aromatic heterocycles. The summed E-state index contributed by atoms with van der Waals surface area (Å²) in [6, 6.07) is 8.35. The van der Waals surface area contributed by atoms with Gasteiger partial charge in [0, 0.05) is 26.1 Å². The van der Waals surface area contributed by atoms with Gasteiger partial charge in [-0.1, -0.05) is 23.5 Å². The normalized spacial score (nSPS) is 21.8. The summed E-state index contributed by atoms with van der Waals surface area (Å²) in [6.07, 6.45) is 5.23. The number of hydrogen-bond acceptors (Lipinski definition) is 4. The Hall–Kier alpha value is -1.62. The number of aromatic nitrogens is 1. The van der Waals surface area contributed by atoms with E-state index in [0.29, 0.717) is 11.8 Å². The lowest BCUT2D eigenvalue weighted by Crippen LogP contribution is -2.40. The van der Waals surface area contributed by atoms with Gasteiger partial charge in [-0.15, -0.1) is 0 Å². The Kier molecular flexibility index (Phi) is 3.53. The highest BCUT2D eigenvalue weighted by Gasteiger charge is 2.36. The third-order valence-electron chi connectivity index (χ3n) is 5.24. The predicted molar refractivity (Wildman–Crippen MR) is 90.4 cm³/mol. The highest BCUT2D eigenvalue weighted by atomic mass is 32.1. The lowest BCUT2D eigenvalue weighted by Gasteiger charge is -2.41. The number of carbonyl (C=O) groups excluding carboxylic acids is 1. The minimum absolute atomic E-state index is 0.227. The second kappa shape index (κ2) is 5.54. The van der Waals surface area contributed by atoms with Gasteiger partial charge in [0.05, 0.1) is 10.2 Å². The minimum Gasteiger partial charge on any atom is -0.356 e. The van der Waals surface area contributed by atoms with Crippen molar-refractivity contribution in [3.63, 3.8) is 0 Å². The smallest absolute Gasteiger partial charge is 0.220 e. The van der Waals surface area contributed by atoms with Crippen LogP contribution in [-0.2, 0) is 4.79 Å². The quantitative estimate of drug-likeness (QED) is 0.879. The van der Waals surface area contributed by atoms with Gasteiger partial charge < -0.3 is 10.2 Å². The van der Waals surface area contributed by atoms with Crippen molar-refractivity contribution in [3.05, 3.63) is 24.3 Å². The van der Waals surface area contributed by atoms with Gasteiger partial charge in [-0.2, -0.15) is 0 Å². The number of nitrogens with one attached hydrogen (secondary N) is 1. The van der Waals surface area contributed by atoms with Crippen LogP contribution in [0.5, 0.6) is 0 Å². The summed E-state index contributed by atoms with van der Waals surface area (Å²) >= 11 is 1.79. The number of thiazole rings is 1. The van der Waals surface area contributed by atoms with Gasteiger partial charge in [0.1, 0.15) is 0 Å². The van der Waals surface area contributed by atoms with Crippen molar-refractivity contribution in [2.75, 3.05) is 24.5 Å². The molecule has 2 fully saturated rings. The van der Waals surface area contributed by atoms with Crippen LogP contribution >= 0.6 is 11.3 Å². The molecule has 3 heterocycles. The van der Waals surface area contributed by atoms with Crippen LogP contribution in [0.15, 0.2) is 24.3 Å². The molecule has 1 spiro atoms. The van der Waals surface area contributed by atoms with Gasteiger partial charge in [0.25, 0.3) is 0 Å². The topological polar surface area (TPSA) is 45.2 Å². The number of carbonyl (C=O) groups is 1. The van der Waals surface area contributed by atoms with E-state index in [1.165, 1.54) is 17.5 Å². The minimum atomic E-state index is 0.227. The van der Waals surface area contributed by atoms with Crippen LogP contribution in [0.3, 0.4) is 0 Å². The summed E-state index contributed by atoms with van der Waals surface area (Å²) in [5.74, 6) is 0.227. The first-order valence-corrected chi connectivity index (χ1v) is 8.93. The fourth-order valence-electron chi connectivity index (χ4n) is 3.73. The standard InChI is InChI=1S/C17H21N3OS/c21-15-5-6-17(7-10-18-15)8-11-20(12-9-17)16-19-13-3-1-2-4-14(13)22-16/h1-4H,5-12H2,(H,18,21). The summed E-state index contributed by atoms with van der Waals surface area (Å²) in [6.45, 7) is 2.97. The Morgan fingerprint density at radius 3 is 2.77 bits per heavy atom. The van der Waals surface area contributed by atoms with Gasteiger partial charge >= 0.3 is 0 Å². The average molecular weight is 315 g/mol. The first-order chi connectivity index (χ1) is 10.7. The number of para-hydroxylation sites is 1.